The third kappa shape index (κ3) is 2.82. The molecule has 1 aromatic carbocycles. The van der Waals surface area contributed by atoms with Gasteiger partial charge in [0, 0.05) is 5.88 Å². The number of rotatable bonds is 1. The van der Waals surface area contributed by atoms with Gasteiger partial charge in [0.15, 0.2) is 0 Å². The minimum Gasteiger partial charge on any atom is -0.122 e. The number of halogens is 4. The molecule has 0 aliphatic heterocycles. The van der Waals surface area contributed by atoms with Gasteiger partial charge in [0.2, 0.25) is 0 Å². The molecule has 0 bridgehead atoms. The second-order valence-corrected chi connectivity index (χ2v) is 6.25. The Bertz CT molecular complexity index is 380. The summed E-state index contributed by atoms with van der Waals surface area (Å²) >= 11 is 21.6. The van der Waals surface area contributed by atoms with Crippen molar-refractivity contribution in [1.82, 2.24) is 0 Å². The van der Waals surface area contributed by atoms with Crippen LogP contribution in [0.25, 0.3) is 0 Å². The van der Waals surface area contributed by atoms with Crippen LogP contribution in [-0.4, -0.2) is 0 Å². The third-order valence-corrected chi connectivity index (χ3v) is 4.38. The number of alkyl halides is 1. The van der Waals surface area contributed by atoms with Crippen LogP contribution in [0, 0.1) is 0 Å². The summed E-state index contributed by atoms with van der Waals surface area (Å²) in [5.41, 5.74) is 1.99. The molecule has 1 aromatic rings. The van der Waals surface area contributed by atoms with E-state index in [9.17, 15) is 0 Å². The average Bonchev–Trinajstić information content (AvgIpc) is 2.11. The lowest BCUT2D eigenvalue weighted by molar-refractivity contribution is 0.585. The highest BCUT2D eigenvalue weighted by Crippen LogP contribution is 2.41. The van der Waals surface area contributed by atoms with E-state index in [2.05, 4.69) is 36.7 Å². The monoisotopic (exact) mass is 328 g/mol. The summed E-state index contributed by atoms with van der Waals surface area (Å²) in [5.74, 6) is 0.416. The van der Waals surface area contributed by atoms with Crippen LogP contribution in [-0.2, 0) is 11.3 Å². The van der Waals surface area contributed by atoms with Gasteiger partial charge in [-0.1, -0.05) is 44.0 Å². The molecule has 0 N–H and O–H groups in total. The van der Waals surface area contributed by atoms with Crippen LogP contribution in [0.5, 0.6) is 0 Å². The Morgan fingerprint density at radius 1 is 1.27 bits per heavy atom. The van der Waals surface area contributed by atoms with Crippen LogP contribution in [0.3, 0.4) is 0 Å². The highest BCUT2D eigenvalue weighted by molar-refractivity contribution is 9.10. The lowest BCUT2D eigenvalue weighted by atomic mass is 9.84. The van der Waals surface area contributed by atoms with Gasteiger partial charge >= 0.3 is 0 Å². The molecule has 0 saturated carbocycles. The van der Waals surface area contributed by atoms with Crippen LogP contribution in [0.2, 0.25) is 10.0 Å². The van der Waals surface area contributed by atoms with Crippen molar-refractivity contribution in [3.63, 3.8) is 0 Å². The molecule has 0 saturated heterocycles. The van der Waals surface area contributed by atoms with Crippen molar-refractivity contribution in [2.24, 2.45) is 0 Å². The number of hydrogen-bond donors (Lipinski definition) is 0. The Hall–Kier alpha value is 0.570. The summed E-state index contributed by atoms with van der Waals surface area (Å²) < 4.78 is 0.740. The smallest absolute Gasteiger partial charge is 0.0603 e. The van der Waals surface area contributed by atoms with Crippen molar-refractivity contribution in [2.45, 2.75) is 32.1 Å². The fourth-order valence-electron chi connectivity index (χ4n) is 1.56. The topological polar surface area (TPSA) is 0 Å². The molecule has 0 unspecified atom stereocenters. The van der Waals surface area contributed by atoms with E-state index in [1.54, 1.807) is 0 Å². The van der Waals surface area contributed by atoms with E-state index in [1.165, 1.54) is 0 Å². The predicted molar refractivity (Wildman–Crippen MR) is 72.4 cm³/mol. The lowest BCUT2D eigenvalue weighted by Gasteiger charge is -2.25. The zero-order chi connectivity index (χ0) is 11.8. The SMILES string of the molecule is CC(C)(C)c1c(CCl)cc(Cl)c(Br)c1Cl. The third-order valence-electron chi connectivity index (χ3n) is 2.14. The molecule has 0 heterocycles. The Labute approximate surface area is 114 Å². The molecule has 0 fully saturated rings. The van der Waals surface area contributed by atoms with E-state index in [0.29, 0.717) is 15.9 Å². The summed E-state index contributed by atoms with van der Waals surface area (Å²) in [6.07, 6.45) is 0. The summed E-state index contributed by atoms with van der Waals surface area (Å²) in [5, 5.41) is 1.26. The zero-order valence-corrected chi connectivity index (χ0v) is 12.7. The summed E-state index contributed by atoms with van der Waals surface area (Å²) in [6.45, 7) is 6.31. The Morgan fingerprint density at radius 3 is 2.20 bits per heavy atom. The molecule has 0 aromatic heterocycles. The van der Waals surface area contributed by atoms with Crippen LogP contribution >= 0.6 is 50.7 Å². The molecule has 0 spiro atoms. The molecule has 0 nitrogen and oxygen atoms in total. The van der Waals surface area contributed by atoms with Crippen LogP contribution in [0.4, 0.5) is 0 Å². The summed E-state index contributed by atoms with van der Waals surface area (Å²) in [6, 6.07) is 1.87. The highest BCUT2D eigenvalue weighted by Gasteiger charge is 2.23. The van der Waals surface area contributed by atoms with Gasteiger partial charge in [0.25, 0.3) is 0 Å². The molecule has 0 radical (unpaired) electrons. The Kier molecular flexibility index (Phi) is 4.39. The fraction of sp³-hybridized carbons (Fsp3) is 0.455. The minimum absolute atomic E-state index is 0.0472. The standard InChI is InChI=1S/C11H12BrCl3/c1-11(2,3)8-6(5-13)4-7(14)9(12)10(8)15/h4H,5H2,1-3H3. The van der Waals surface area contributed by atoms with Gasteiger partial charge in [-0.05, 0) is 38.5 Å². The minimum atomic E-state index is -0.0472. The first-order chi connectivity index (χ1) is 6.79. The molecular weight excluding hydrogens is 318 g/mol. The molecule has 1 rings (SSSR count). The maximum atomic E-state index is 6.28. The van der Waals surface area contributed by atoms with Crippen LogP contribution in [0.1, 0.15) is 31.9 Å². The largest absolute Gasteiger partial charge is 0.122 e. The summed E-state index contributed by atoms with van der Waals surface area (Å²) in [7, 11) is 0. The second-order valence-electron chi connectivity index (χ2n) is 4.40. The van der Waals surface area contributed by atoms with E-state index in [0.717, 1.165) is 15.6 Å². The molecule has 4 heteroatoms. The highest BCUT2D eigenvalue weighted by atomic mass is 79.9. The van der Waals surface area contributed by atoms with Crippen molar-refractivity contribution in [3.8, 4) is 0 Å². The normalized spacial score (nSPS) is 11.9. The van der Waals surface area contributed by atoms with E-state index in [4.69, 9.17) is 34.8 Å². The molecular formula is C11H12BrCl3. The Morgan fingerprint density at radius 2 is 1.80 bits per heavy atom. The lowest BCUT2D eigenvalue weighted by Crippen LogP contribution is -2.15. The number of benzene rings is 1. The number of hydrogen-bond acceptors (Lipinski definition) is 0. The molecule has 0 aliphatic rings. The quantitative estimate of drug-likeness (QED) is 0.451. The molecule has 15 heavy (non-hydrogen) atoms. The molecule has 0 amide bonds. The van der Waals surface area contributed by atoms with Crippen LogP contribution in [0.15, 0.2) is 10.5 Å². The second kappa shape index (κ2) is 4.83. The van der Waals surface area contributed by atoms with Crippen molar-refractivity contribution < 1.29 is 0 Å². The van der Waals surface area contributed by atoms with Crippen LogP contribution < -0.4 is 0 Å². The Balaban J connectivity index is 3.55. The van der Waals surface area contributed by atoms with Crippen molar-refractivity contribution >= 4 is 50.7 Å². The van der Waals surface area contributed by atoms with E-state index >= 15 is 0 Å². The van der Waals surface area contributed by atoms with Crippen molar-refractivity contribution in [2.75, 3.05) is 0 Å². The molecule has 0 aliphatic carbocycles. The van der Waals surface area contributed by atoms with Gasteiger partial charge in [-0.2, -0.15) is 0 Å². The first-order valence-electron chi connectivity index (χ1n) is 4.52. The zero-order valence-electron chi connectivity index (χ0n) is 8.80. The van der Waals surface area contributed by atoms with E-state index in [1.807, 2.05) is 6.07 Å². The van der Waals surface area contributed by atoms with E-state index in [-0.39, 0.29) is 5.41 Å². The average molecular weight is 330 g/mol. The molecule has 84 valence electrons. The van der Waals surface area contributed by atoms with Gasteiger partial charge in [-0.3, -0.25) is 0 Å². The fourth-order valence-corrected chi connectivity index (χ4v) is 2.87. The van der Waals surface area contributed by atoms with Gasteiger partial charge < -0.3 is 0 Å². The van der Waals surface area contributed by atoms with E-state index < -0.39 is 0 Å². The first kappa shape index (κ1) is 13.6. The van der Waals surface area contributed by atoms with Crippen molar-refractivity contribution in [1.29, 1.82) is 0 Å². The maximum Gasteiger partial charge on any atom is 0.0603 e. The summed E-state index contributed by atoms with van der Waals surface area (Å²) in [4.78, 5) is 0. The van der Waals surface area contributed by atoms with Gasteiger partial charge in [-0.15, -0.1) is 11.6 Å². The first-order valence-corrected chi connectivity index (χ1v) is 6.60. The predicted octanol–water partition coefficient (Wildman–Crippen LogP) is 5.79. The van der Waals surface area contributed by atoms with Gasteiger partial charge in [0.1, 0.15) is 0 Å². The van der Waals surface area contributed by atoms with Gasteiger partial charge in [-0.25, -0.2) is 0 Å². The van der Waals surface area contributed by atoms with Crippen molar-refractivity contribution in [3.05, 3.63) is 31.7 Å². The van der Waals surface area contributed by atoms with Gasteiger partial charge in [0.05, 0.1) is 14.5 Å². The maximum absolute atomic E-state index is 6.28. The molecule has 0 atom stereocenters.